The van der Waals surface area contributed by atoms with Gasteiger partial charge in [-0.25, -0.2) is 18.1 Å². The minimum atomic E-state index is -3.63. The first-order valence-electron chi connectivity index (χ1n) is 9.88. The Morgan fingerprint density at radius 1 is 1.17 bits per heavy atom. The lowest BCUT2D eigenvalue weighted by atomic mass is 9.92. The zero-order chi connectivity index (χ0) is 20.3. The van der Waals surface area contributed by atoms with E-state index >= 15 is 0 Å². The summed E-state index contributed by atoms with van der Waals surface area (Å²) in [5, 5.41) is 3.70. The second-order valence-electron chi connectivity index (χ2n) is 7.54. The molecule has 0 radical (unpaired) electrons. The maximum atomic E-state index is 12.5. The summed E-state index contributed by atoms with van der Waals surface area (Å²) in [6.07, 6.45) is 6.03. The molecule has 0 fully saturated rings. The summed E-state index contributed by atoms with van der Waals surface area (Å²) in [5.41, 5.74) is 4.84. The smallest absolute Gasteiger partial charge is 0.259 e. The van der Waals surface area contributed by atoms with E-state index in [9.17, 15) is 8.42 Å². The predicted molar refractivity (Wildman–Crippen MR) is 113 cm³/mol. The predicted octanol–water partition coefficient (Wildman–Crippen LogP) is 2.72. The van der Waals surface area contributed by atoms with E-state index in [1.54, 1.807) is 11.6 Å². The standard InChI is InChI=1S/C22H26N4O2S/c1-26-15-22(24-16-26)29(27,28)25-14-18-9-10-19-8-5-11-23-21(20(19)12-18)13-17-6-3-2-4-7-17/h2-4,6-7,9-10,12,15-16,21,23,25H,5,8,11,13-14H2,1H3. The minimum Gasteiger partial charge on any atom is -0.339 e. The van der Waals surface area contributed by atoms with Crippen molar-refractivity contribution in [2.75, 3.05) is 6.54 Å². The van der Waals surface area contributed by atoms with Gasteiger partial charge in [-0.3, -0.25) is 0 Å². The van der Waals surface area contributed by atoms with E-state index in [1.807, 2.05) is 12.1 Å². The second-order valence-corrected chi connectivity index (χ2v) is 9.25. The molecule has 2 aromatic carbocycles. The molecule has 1 unspecified atom stereocenters. The third-order valence-corrected chi connectivity index (χ3v) is 6.59. The molecule has 0 amide bonds. The van der Waals surface area contributed by atoms with Crippen LogP contribution in [-0.4, -0.2) is 24.5 Å². The summed E-state index contributed by atoms with van der Waals surface area (Å²) in [4.78, 5) is 3.94. The Hall–Kier alpha value is -2.48. The number of fused-ring (bicyclic) bond motifs is 1. The fourth-order valence-corrected chi connectivity index (χ4v) is 4.78. The second kappa shape index (κ2) is 8.49. The van der Waals surface area contributed by atoms with Crippen LogP contribution in [0.25, 0.3) is 0 Å². The minimum absolute atomic E-state index is 0.0402. The van der Waals surface area contributed by atoms with Crippen LogP contribution in [0, 0.1) is 0 Å². The Balaban J connectivity index is 1.54. The summed E-state index contributed by atoms with van der Waals surface area (Å²) in [5.74, 6) is 0. The van der Waals surface area contributed by atoms with Crippen molar-refractivity contribution >= 4 is 10.0 Å². The van der Waals surface area contributed by atoms with Gasteiger partial charge in [-0.1, -0.05) is 48.5 Å². The number of rotatable bonds is 6. The molecule has 0 aliphatic carbocycles. The molecule has 0 saturated carbocycles. The number of imidazole rings is 1. The Morgan fingerprint density at radius 3 is 2.76 bits per heavy atom. The van der Waals surface area contributed by atoms with Gasteiger partial charge in [0.2, 0.25) is 0 Å². The quantitative estimate of drug-likeness (QED) is 0.655. The maximum absolute atomic E-state index is 12.5. The van der Waals surface area contributed by atoms with Gasteiger partial charge in [0.15, 0.2) is 5.03 Å². The number of nitrogens with one attached hydrogen (secondary N) is 2. The molecule has 1 aromatic heterocycles. The normalized spacial score (nSPS) is 16.9. The van der Waals surface area contributed by atoms with Crippen molar-refractivity contribution in [3.8, 4) is 0 Å². The Morgan fingerprint density at radius 2 is 2.00 bits per heavy atom. The van der Waals surface area contributed by atoms with Gasteiger partial charge in [0, 0.05) is 25.8 Å². The lowest BCUT2D eigenvalue weighted by molar-refractivity contribution is 0.539. The summed E-state index contributed by atoms with van der Waals surface area (Å²) < 4.78 is 29.2. The van der Waals surface area contributed by atoms with Gasteiger partial charge in [-0.05, 0) is 48.1 Å². The summed E-state index contributed by atoms with van der Waals surface area (Å²) in [7, 11) is -1.88. The zero-order valence-electron chi connectivity index (χ0n) is 16.5. The molecule has 1 atom stereocenters. The van der Waals surface area contributed by atoms with Crippen molar-refractivity contribution in [1.82, 2.24) is 19.6 Å². The molecule has 152 valence electrons. The van der Waals surface area contributed by atoms with Crippen LogP contribution >= 0.6 is 0 Å². The molecule has 0 spiro atoms. The van der Waals surface area contributed by atoms with Crippen LogP contribution in [0.4, 0.5) is 0 Å². The van der Waals surface area contributed by atoms with Crippen molar-refractivity contribution in [1.29, 1.82) is 0 Å². The van der Waals surface area contributed by atoms with Crippen molar-refractivity contribution in [2.45, 2.75) is 36.9 Å². The average molecular weight is 411 g/mol. The molecule has 29 heavy (non-hydrogen) atoms. The van der Waals surface area contributed by atoms with Crippen LogP contribution in [0.5, 0.6) is 0 Å². The monoisotopic (exact) mass is 410 g/mol. The van der Waals surface area contributed by atoms with E-state index in [2.05, 4.69) is 51.4 Å². The highest BCUT2D eigenvalue weighted by atomic mass is 32.2. The van der Waals surface area contributed by atoms with E-state index in [1.165, 1.54) is 29.2 Å². The number of aryl methyl sites for hydroxylation is 2. The van der Waals surface area contributed by atoms with Crippen molar-refractivity contribution < 1.29 is 8.42 Å². The third-order valence-electron chi connectivity index (χ3n) is 5.30. The van der Waals surface area contributed by atoms with Crippen LogP contribution in [-0.2, 0) is 36.5 Å². The van der Waals surface area contributed by atoms with Crippen LogP contribution < -0.4 is 10.0 Å². The molecular weight excluding hydrogens is 384 g/mol. The first kappa shape index (κ1) is 19.8. The van der Waals surface area contributed by atoms with Crippen molar-refractivity contribution in [3.05, 3.63) is 83.3 Å². The number of hydrogen-bond acceptors (Lipinski definition) is 4. The molecule has 1 aliphatic heterocycles. The van der Waals surface area contributed by atoms with Crippen LogP contribution in [0.15, 0.2) is 66.1 Å². The lowest BCUT2D eigenvalue weighted by Crippen LogP contribution is -2.25. The average Bonchev–Trinajstić information content (AvgIpc) is 3.08. The van der Waals surface area contributed by atoms with E-state index in [0.29, 0.717) is 0 Å². The Kier molecular flexibility index (Phi) is 5.80. The molecule has 7 heteroatoms. The van der Waals surface area contributed by atoms with Crippen LogP contribution in [0.1, 0.15) is 34.7 Å². The molecule has 3 aromatic rings. The van der Waals surface area contributed by atoms with Gasteiger partial charge < -0.3 is 9.88 Å². The number of nitrogens with zero attached hydrogens (tertiary/aromatic N) is 2. The number of benzene rings is 2. The molecule has 6 nitrogen and oxygen atoms in total. The fraction of sp³-hybridized carbons (Fsp3) is 0.318. The molecule has 4 rings (SSSR count). The van der Waals surface area contributed by atoms with Crippen LogP contribution in [0.2, 0.25) is 0 Å². The van der Waals surface area contributed by atoms with Gasteiger partial charge in [0.05, 0.1) is 6.33 Å². The highest BCUT2D eigenvalue weighted by Gasteiger charge is 2.20. The van der Waals surface area contributed by atoms with Crippen molar-refractivity contribution in [3.63, 3.8) is 0 Å². The first-order valence-corrected chi connectivity index (χ1v) is 11.4. The topological polar surface area (TPSA) is 76.0 Å². The Bertz CT molecular complexity index is 1080. The molecule has 2 heterocycles. The Labute approximate surface area is 172 Å². The summed E-state index contributed by atoms with van der Waals surface area (Å²) >= 11 is 0. The molecule has 2 N–H and O–H groups in total. The van der Waals surface area contributed by atoms with Gasteiger partial charge in [0.25, 0.3) is 10.0 Å². The summed E-state index contributed by atoms with van der Waals surface area (Å²) in [6.45, 7) is 1.22. The van der Waals surface area contributed by atoms with Gasteiger partial charge in [-0.2, -0.15) is 0 Å². The van der Waals surface area contributed by atoms with Gasteiger partial charge >= 0.3 is 0 Å². The highest BCUT2D eigenvalue weighted by Crippen LogP contribution is 2.27. The van der Waals surface area contributed by atoms with Gasteiger partial charge in [0.1, 0.15) is 0 Å². The van der Waals surface area contributed by atoms with E-state index in [0.717, 1.165) is 31.4 Å². The molecule has 1 aliphatic rings. The van der Waals surface area contributed by atoms with E-state index < -0.39 is 10.0 Å². The number of aromatic nitrogens is 2. The number of hydrogen-bond donors (Lipinski definition) is 2. The summed E-state index contributed by atoms with van der Waals surface area (Å²) in [6, 6.07) is 17.0. The number of sulfonamides is 1. The van der Waals surface area contributed by atoms with Crippen molar-refractivity contribution in [2.24, 2.45) is 7.05 Å². The SMILES string of the molecule is Cn1cnc(S(=O)(=O)NCc2ccc3c(c2)C(Cc2ccccc2)NCCC3)c1. The molecule has 0 saturated heterocycles. The maximum Gasteiger partial charge on any atom is 0.259 e. The first-order chi connectivity index (χ1) is 14.0. The lowest BCUT2D eigenvalue weighted by Gasteiger charge is -2.20. The molecular formula is C22H26N4O2S. The van der Waals surface area contributed by atoms with Gasteiger partial charge in [-0.15, -0.1) is 0 Å². The largest absolute Gasteiger partial charge is 0.339 e. The highest BCUT2D eigenvalue weighted by molar-refractivity contribution is 7.89. The van der Waals surface area contributed by atoms with E-state index in [-0.39, 0.29) is 17.6 Å². The van der Waals surface area contributed by atoms with E-state index in [4.69, 9.17) is 0 Å². The van der Waals surface area contributed by atoms with Crippen LogP contribution in [0.3, 0.4) is 0 Å². The third kappa shape index (κ3) is 4.75. The fourth-order valence-electron chi connectivity index (χ4n) is 3.78. The molecule has 0 bridgehead atoms. The zero-order valence-corrected chi connectivity index (χ0v) is 17.3.